The van der Waals surface area contributed by atoms with E-state index in [1.165, 1.54) is 0 Å². The van der Waals surface area contributed by atoms with Crippen LogP contribution in [0.2, 0.25) is 0 Å². The molecule has 3 rings (SSSR count). The van der Waals surface area contributed by atoms with Gasteiger partial charge in [-0.3, -0.25) is 14.5 Å². The number of pyridine rings is 1. The number of carbonyl (C=O) groups is 1. The molecule has 0 bridgehead atoms. The molecule has 0 atom stereocenters. The first-order valence-corrected chi connectivity index (χ1v) is 7.34. The van der Waals surface area contributed by atoms with Crippen molar-refractivity contribution < 1.29 is 9.21 Å². The van der Waals surface area contributed by atoms with Crippen LogP contribution < -0.4 is 5.32 Å². The number of furan rings is 1. The van der Waals surface area contributed by atoms with Crippen LogP contribution in [0.3, 0.4) is 0 Å². The maximum Gasteiger partial charge on any atom is 0.255 e. The van der Waals surface area contributed by atoms with E-state index < -0.39 is 0 Å². The van der Waals surface area contributed by atoms with Crippen LogP contribution in [0.5, 0.6) is 0 Å². The van der Waals surface area contributed by atoms with Crippen LogP contribution in [-0.4, -0.2) is 20.7 Å². The Hall–Kier alpha value is -2.89. The highest BCUT2D eigenvalue weighted by Crippen LogP contribution is 2.17. The lowest BCUT2D eigenvalue weighted by Gasteiger charge is -2.01. The molecule has 0 spiro atoms. The number of carbonyl (C=O) groups excluding carboxylic acids is 1. The average Bonchev–Trinajstić information content (AvgIpc) is 3.08. The zero-order chi connectivity index (χ0) is 16.4. The summed E-state index contributed by atoms with van der Waals surface area (Å²) >= 11 is 0. The average molecular weight is 310 g/mol. The van der Waals surface area contributed by atoms with Crippen molar-refractivity contribution in [2.75, 3.05) is 0 Å². The lowest BCUT2D eigenvalue weighted by atomic mass is 10.2. The lowest BCUT2D eigenvalue weighted by molar-refractivity contribution is 0.0949. The van der Waals surface area contributed by atoms with Gasteiger partial charge in [-0.05, 0) is 38.1 Å². The molecule has 3 aromatic heterocycles. The maximum atomic E-state index is 12.2. The monoisotopic (exact) mass is 310 g/mol. The normalized spacial score (nSPS) is 10.7. The zero-order valence-corrected chi connectivity index (χ0v) is 13.3. The number of rotatable bonds is 4. The second kappa shape index (κ2) is 6.08. The Morgan fingerprint density at radius 2 is 2.13 bits per heavy atom. The van der Waals surface area contributed by atoms with Crippen molar-refractivity contribution in [1.82, 2.24) is 20.1 Å². The Labute approximate surface area is 134 Å². The molecular formula is C17H18N4O2. The standard InChI is InChI=1S/C17H18N4O2/c1-11-8-14(12(2)23-11)17(22)19-10-13-9-16(21(3)20-13)15-6-4-5-7-18-15/h4-9H,10H2,1-3H3,(H,19,22). The Kier molecular flexibility index (Phi) is 3.97. The number of amides is 1. The highest BCUT2D eigenvalue weighted by atomic mass is 16.3. The molecule has 0 fully saturated rings. The Morgan fingerprint density at radius 1 is 1.30 bits per heavy atom. The van der Waals surface area contributed by atoms with Gasteiger partial charge in [0, 0.05) is 13.2 Å². The van der Waals surface area contributed by atoms with Gasteiger partial charge in [-0.2, -0.15) is 5.10 Å². The molecule has 0 aromatic carbocycles. The fourth-order valence-electron chi connectivity index (χ4n) is 2.49. The summed E-state index contributed by atoms with van der Waals surface area (Å²) in [5.41, 5.74) is 3.09. The van der Waals surface area contributed by atoms with Crippen LogP contribution in [0.15, 0.2) is 40.9 Å². The minimum atomic E-state index is -0.163. The third-order valence-electron chi connectivity index (χ3n) is 3.57. The second-order valence-corrected chi connectivity index (χ2v) is 5.37. The van der Waals surface area contributed by atoms with Gasteiger partial charge in [0.2, 0.25) is 0 Å². The van der Waals surface area contributed by atoms with Crippen LogP contribution in [-0.2, 0) is 13.6 Å². The fourth-order valence-corrected chi connectivity index (χ4v) is 2.49. The van der Waals surface area contributed by atoms with Crippen molar-refractivity contribution in [2.24, 2.45) is 7.05 Å². The Balaban J connectivity index is 1.72. The first-order chi connectivity index (χ1) is 11.0. The van der Waals surface area contributed by atoms with E-state index >= 15 is 0 Å². The molecule has 0 saturated heterocycles. The highest BCUT2D eigenvalue weighted by Gasteiger charge is 2.14. The Bertz CT molecular complexity index is 834. The van der Waals surface area contributed by atoms with Gasteiger partial charge in [0.05, 0.1) is 29.2 Å². The summed E-state index contributed by atoms with van der Waals surface area (Å²) in [5, 5.41) is 7.29. The van der Waals surface area contributed by atoms with Gasteiger partial charge in [0.1, 0.15) is 11.5 Å². The zero-order valence-electron chi connectivity index (χ0n) is 13.3. The summed E-state index contributed by atoms with van der Waals surface area (Å²) in [6, 6.07) is 9.40. The molecule has 1 amide bonds. The van der Waals surface area contributed by atoms with E-state index in [9.17, 15) is 4.79 Å². The number of aromatic nitrogens is 3. The van der Waals surface area contributed by atoms with Gasteiger partial charge < -0.3 is 9.73 Å². The van der Waals surface area contributed by atoms with Crippen molar-refractivity contribution in [1.29, 1.82) is 0 Å². The Morgan fingerprint density at radius 3 is 2.78 bits per heavy atom. The summed E-state index contributed by atoms with van der Waals surface area (Å²) in [6.07, 6.45) is 1.74. The van der Waals surface area contributed by atoms with Crippen LogP contribution in [0.1, 0.15) is 27.6 Å². The molecule has 0 unspecified atom stereocenters. The predicted molar refractivity (Wildman–Crippen MR) is 85.8 cm³/mol. The van der Waals surface area contributed by atoms with E-state index in [2.05, 4.69) is 15.4 Å². The summed E-state index contributed by atoms with van der Waals surface area (Å²) in [6.45, 7) is 3.95. The highest BCUT2D eigenvalue weighted by molar-refractivity contribution is 5.95. The summed E-state index contributed by atoms with van der Waals surface area (Å²) in [5.74, 6) is 1.18. The van der Waals surface area contributed by atoms with E-state index in [0.29, 0.717) is 17.9 Å². The van der Waals surface area contributed by atoms with Crippen LogP contribution in [0.4, 0.5) is 0 Å². The molecule has 0 aliphatic rings. The predicted octanol–water partition coefficient (Wildman–Crippen LogP) is 2.62. The third kappa shape index (κ3) is 3.15. The first-order valence-electron chi connectivity index (χ1n) is 7.34. The van der Waals surface area contributed by atoms with Crippen molar-refractivity contribution in [2.45, 2.75) is 20.4 Å². The van der Waals surface area contributed by atoms with Crippen LogP contribution >= 0.6 is 0 Å². The number of hydrogen-bond donors (Lipinski definition) is 1. The van der Waals surface area contributed by atoms with Crippen molar-refractivity contribution in [3.8, 4) is 11.4 Å². The maximum absolute atomic E-state index is 12.2. The summed E-state index contributed by atoms with van der Waals surface area (Å²) < 4.78 is 7.14. The minimum Gasteiger partial charge on any atom is -0.466 e. The summed E-state index contributed by atoms with van der Waals surface area (Å²) in [7, 11) is 1.86. The topological polar surface area (TPSA) is 73.0 Å². The molecule has 0 aliphatic carbocycles. The molecule has 118 valence electrons. The van der Waals surface area contributed by atoms with Gasteiger partial charge in [-0.25, -0.2) is 0 Å². The molecule has 6 heteroatoms. The van der Waals surface area contributed by atoms with E-state index in [-0.39, 0.29) is 5.91 Å². The lowest BCUT2D eigenvalue weighted by Crippen LogP contribution is -2.23. The minimum absolute atomic E-state index is 0.163. The second-order valence-electron chi connectivity index (χ2n) is 5.37. The number of nitrogens with zero attached hydrogens (tertiary/aromatic N) is 3. The van der Waals surface area contributed by atoms with Crippen LogP contribution in [0.25, 0.3) is 11.4 Å². The molecule has 0 aliphatic heterocycles. The fraction of sp³-hybridized carbons (Fsp3) is 0.235. The molecule has 23 heavy (non-hydrogen) atoms. The summed E-state index contributed by atoms with van der Waals surface area (Å²) in [4.78, 5) is 16.5. The van der Waals surface area contributed by atoms with Gasteiger partial charge in [0.25, 0.3) is 5.91 Å². The number of aryl methyl sites for hydroxylation is 3. The molecular weight excluding hydrogens is 292 g/mol. The van der Waals surface area contributed by atoms with Gasteiger partial charge in [-0.1, -0.05) is 6.07 Å². The SMILES string of the molecule is Cc1cc(C(=O)NCc2cc(-c3ccccn3)n(C)n2)c(C)o1. The van der Waals surface area contributed by atoms with E-state index in [4.69, 9.17) is 4.42 Å². The molecule has 3 heterocycles. The molecule has 3 aromatic rings. The van der Waals surface area contributed by atoms with E-state index in [0.717, 1.165) is 22.8 Å². The first kappa shape index (κ1) is 15.0. The van der Waals surface area contributed by atoms with Gasteiger partial charge in [-0.15, -0.1) is 0 Å². The third-order valence-corrected chi connectivity index (χ3v) is 3.57. The van der Waals surface area contributed by atoms with Crippen LogP contribution in [0, 0.1) is 13.8 Å². The van der Waals surface area contributed by atoms with Crippen molar-refractivity contribution >= 4 is 5.91 Å². The molecule has 0 saturated carbocycles. The van der Waals surface area contributed by atoms with E-state index in [1.807, 2.05) is 38.2 Å². The van der Waals surface area contributed by atoms with E-state index in [1.54, 1.807) is 23.9 Å². The molecule has 6 nitrogen and oxygen atoms in total. The molecule has 0 radical (unpaired) electrons. The molecule has 1 N–H and O–H groups in total. The van der Waals surface area contributed by atoms with Gasteiger partial charge >= 0.3 is 0 Å². The number of nitrogens with one attached hydrogen (secondary N) is 1. The number of hydrogen-bond acceptors (Lipinski definition) is 4. The smallest absolute Gasteiger partial charge is 0.255 e. The van der Waals surface area contributed by atoms with Crippen molar-refractivity contribution in [3.05, 3.63) is 59.3 Å². The van der Waals surface area contributed by atoms with Crippen molar-refractivity contribution in [3.63, 3.8) is 0 Å². The van der Waals surface area contributed by atoms with Gasteiger partial charge in [0.15, 0.2) is 0 Å². The quantitative estimate of drug-likeness (QED) is 0.804. The largest absolute Gasteiger partial charge is 0.466 e.